The summed E-state index contributed by atoms with van der Waals surface area (Å²) in [6, 6.07) is 33.9. The molecule has 0 saturated carbocycles. The molecule has 5 rings (SSSR count). The first-order chi connectivity index (χ1) is 17.3. The van der Waals surface area contributed by atoms with E-state index in [1.165, 1.54) is 22.3 Å². The van der Waals surface area contributed by atoms with Gasteiger partial charge in [0.15, 0.2) is 0 Å². The summed E-state index contributed by atoms with van der Waals surface area (Å²) in [6.07, 6.45) is 0.114. The maximum absolute atomic E-state index is 12.2. The number of ether oxygens (including phenoxy) is 2. The molecular weight excluding hydrogens is 434 g/mol. The summed E-state index contributed by atoms with van der Waals surface area (Å²) in [5, 5.41) is 2.79. The lowest BCUT2D eigenvalue weighted by atomic mass is 9.98. The Morgan fingerprint density at radius 1 is 0.743 bits per heavy atom. The monoisotopic (exact) mass is 459 g/mol. The maximum atomic E-state index is 12.2. The van der Waals surface area contributed by atoms with E-state index in [-0.39, 0.29) is 5.92 Å². The molecule has 0 atom stereocenters. The van der Waals surface area contributed by atoms with E-state index in [1.54, 1.807) is 0 Å². The fraction of sp³-hybridized carbons (Fsp3) is 0.129. The van der Waals surface area contributed by atoms with Gasteiger partial charge in [-0.3, -0.25) is 0 Å². The number of nitrogens with one attached hydrogen (secondary N) is 1. The maximum Gasteiger partial charge on any atom is 0.407 e. The van der Waals surface area contributed by atoms with Crippen LogP contribution in [0.4, 0.5) is 4.79 Å². The number of fused-ring (bicyclic) bond motifs is 3. The normalized spacial score (nSPS) is 11.5. The molecule has 4 nitrogen and oxygen atoms in total. The second-order valence-electron chi connectivity index (χ2n) is 8.24. The molecule has 0 unspecified atom stereocenters. The van der Waals surface area contributed by atoms with Gasteiger partial charge in [0, 0.05) is 24.4 Å². The van der Waals surface area contributed by atoms with Gasteiger partial charge in [-0.1, -0.05) is 78.6 Å². The van der Waals surface area contributed by atoms with E-state index < -0.39 is 6.09 Å². The topological polar surface area (TPSA) is 47.6 Å². The van der Waals surface area contributed by atoms with Crippen molar-refractivity contribution >= 4 is 6.09 Å². The predicted molar refractivity (Wildman–Crippen MR) is 138 cm³/mol. The van der Waals surface area contributed by atoms with E-state index in [1.807, 2.05) is 78.9 Å². The molecule has 4 heteroatoms. The van der Waals surface area contributed by atoms with Crippen LogP contribution >= 0.6 is 0 Å². The van der Waals surface area contributed by atoms with Gasteiger partial charge in [0.25, 0.3) is 0 Å². The van der Waals surface area contributed by atoms with E-state index >= 15 is 0 Å². The summed E-state index contributed by atoms with van der Waals surface area (Å²) < 4.78 is 11.3. The Kier molecular flexibility index (Phi) is 6.77. The van der Waals surface area contributed by atoms with E-state index in [4.69, 9.17) is 9.47 Å². The van der Waals surface area contributed by atoms with Crippen molar-refractivity contribution in [3.8, 4) is 34.5 Å². The molecule has 0 heterocycles. The molecule has 0 aromatic heterocycles. The average molecular weight is 460 g/mol. The molecule has 4 aromatic carbocycles. The van der Waals surface area contributed by atoms with Crippen molar-refractivity contribution in [2.75, 3.05) is 13.2 Å². The number of carbonyl (C=O) groups is 1. The van der Waals surface area contributed by atoms with Crippen LogP contribution in [0.2, 0.25) is 0 Å². The minimum Gasteiger partial charge on any atom is -0.457 e. The molecule has 0 spiro atoms. The van der Waals surface area contributed by atoms with Crippen molar-refractivity contribution in [2.24, 2.45) is 0 Å². The summed E-state index contributed by atoms with van der Waals surface area (Å²) >= 11 is 0. The number of alkyl carbamates (subject to hydrolysis) is 1. The summed E-state index contributed by atoms with van der Waals surface area (Å²) in [4.78, 5) is 12.2. The number of amides is 1. The summed E-state index contributed by atoms with van der Waals surface area (Å²) in [6.45, 7) is 0.738. The lowest BCUT2D eigenvalue weighted by Gasteiger charge is -2.14. The lowest BCUT2D eigenvalue weighted by Crippen LogP contribution is -2.26. The Hall–Kier alpha value is -4.49. The molecule has 4 aromatic rings. The third-order valence-electron chi connectivity index (χ3n) is 5.93. The van der Waals surface area contributed by atoms with Gasteiger partial charge in [-0.2, -0.15) is 0 Å². The minimum absolute atomic E-state index is 0.0572. The van der Waals surface area contributed by atoms with Gasteiger partial charge in [0.05, 0.1) is 0 Å². The molecule has 35 heavy (non-hydrogen) atoms. The van der Waals surface area contributed by atoms with Crippen LogP contribution in [0.5, 0.6) is 11.5 Å². The van der Waals surface area contributed by atoms with Gasteiger partial charge < -0.3 is 14.8 Å². The largest absolute Gasteiger partial charge is 0.457 e. The van der Waals surface area contributed by atoms with Crippen molar-refractivity contribution in [2.45, 2.75) is 12.3 Å². The van der Waals surface area contributed by atoms with E-state index in [0.29, 0.717) is 19.6 Å². The molecule has 1 amide bonds. The fourth-order valence-corrected chi connectivity index (χ4v) is 4.27. The summed E-state index contributed by atoms with van der Waals surface area (Å²) in [5.74, 6) is 7.82. The molecule has 0 bridgehead atoms. The van der Waals surface area contributed by atoms with Gasteiger partial charge in [0.1, 0.15) is 18.1 Å². The van der Waals surface area contributed by atoms with E-state index in [2.05, 4.69) is 41.4 Å². The van der Waals surface area contributed by atoms with Crippen LogP contribution in [-0.2, 0) is 4.74 Å². The number of hydrogen-bond acceptors (Lipinski definition) is 3. The van der Waals surface area contributed by atoms with Crippen LogP contribution in [0.3, 0.4) is 0 Å². The van der Waals surface area contributed by atoms with Crippen molar-refractivity contribution in [3.63, 3.8) is 0 Å². The Morgan fingerprint density at radius 3 is 2.03 bits per heavy atom. The zero-order chi connectivity index (χ0) is 23.9. The number of rotatable bonds is 6. The van der Waals surface area contributed by atoms with E-state index in [0.717, 1.165) is 17.1 Å². The van der Waals surface area contributed by atoms with Crippen LogP contribution in [0.15, 0.2) is 103 Å². The molecule has 1 N–H and O–H groups in total. The number of carbonyl (C=O) groups excluding carboxylic acids is 1. The second kappa shape index (κ2) is 10.6. The highest BCUT2D eigenvalue weighted by Gasteiger charge is 2.28. The smallest absolute Gasteiger partial charge is 0.407 e. The predicted octanol–water partition coefficient (Wildman–Crippen LogP) is 6.76. The fourth-order valence-electron chi connectivity index (χ4n) is 4.27. The number of benzene rings is 4. The highest BCUT2D eigenvalue weighted by Crippen LogP contribution is 2.44. The van der Waals surface area contributed by atoms with Crippen LogP contribution < -0.4 is 10.1 Å². The Morgan fingerprint density at radius 2 is 1.34 bits per heavy atom. The average Bonchev–Trinajstić information content (AvgIpc) is 3.22. The highest BCUT2D eigenvalue weighted by atomic mass is 16.5. The van der Waals surface area contributed by atoms with E-state index in [9.17, 15) is 4.79 Å². The molecule has 0 saturated heterocycles. The SMILES string of the molecule is O=C(NCCC#Cc1ccc(Oc2ccccc2)cc1)OCC1c2ccccc2-c2ccccc21. The summed E-state index contributed by atoms with van der Waals surface area (Å²) in [5.41, 5.74) is 5.73. The highest BCUT2D eigenvalue weighted by molar-refractivity contribution is 5.79. The van der Waals surface area contributed by atoms with Gasteiger partial charge in [0.2, 0.25) is 0 Å². The molecule has 1 aliphatic carbocycles. The number of hydrogen-bond donors (Lipinski definition) is 1. The first-order valence-electron chi connectivity index (χ1n) is 11.7. The van der Waals surface area contributed by atoms with Crippen LogP contribution in [0, 0.1) is 11.8 Å². The first-order valence-corrected chi connectivity index (χ1v) is 11.7. The Bertz CT molecular complexity index is 1320. The van der Waals surface area contributed by atoms with Crippen LogP contribution in [-0.4, -0.2) is 19.2 Å². The third-order valence-corrected chi connectivity index (χ3v) is 5.93. The first kappa shape index (κ1) is 22.3. The van der Waals surface area contributed by atoms with Gasteiger partial charge in [-0.05, 0) is 58.7 Å². The lowest BCUT2D eigenvalue weighted by molar-refractivity contribution is 0.143. The second-order valence-corrected chi connectivity index (χ2v) is 8.24. The van der Waals surface area contributed by atoms with Crippen molar-refractivity contribution in [3.05, 3.63) is 120 Å². The number of para-hydroxylation sites is 1. The zero-order valence-corrected chi connectivity index (χ0v) is 19.2. The zero-order valence-electron chi connectivity index (χ0n) is 19.2. The van der Waals surface area contributed by atoms with Crippen LogP contribution in [0.1, 0.15) is 29.0 Å². The quantitative estimate of drug-likeness (QED) is 0.256. The summed E-state index contributed by atoms with van der Waals surface area (Å²) in [7, 11) is 0. The van der Waals surface area contributed by atoms with Gasteiger partial charge in [-0.25, -0.2) is 4.79 Å². The van der Waals surface area contributed by atoms with Crippen LogP contribution in [0.25, 0.3) is 11.1 Å². The molecule has 1 aliphatic rings. The van der Waals surface area contributed by atoms with Crippen molar-refractivity contribution < 1.29 is 14.3 Å². The van der Waals surface area contributed by atoms with Gasteiger partial charge >= 0.3 is 6.09 Å². The standard InChI is InChI=1S/C31H25NO3/c33-31(34-22-30-28-15-6-4-13-26(28)27-14-5-7-16-29(27)30)32-21-9-8-10-23-17-19-25(20-18-23)35-24-11-2-1-3-12-24/h1-7,11-20,30H,9,21-22H2,(H,32,33). The molecule has 0 radical (unpaired) electrons. The molecular formula is C31H25NO3. The van der Waals surface area contributed by atoms with Crippen molar-refractivity contribution in [1.29, 1.82) is 0 Å². The molecule has 172 valence electrons. The molecule has 0 fully saturated rings. The van der Waals surface area contributed by atoms with Crippen molar-refractivity contribution in [1.82, 2.24) is 5.32 Å². The minimum atomic E-state index is -0.420. The molecule has 0 aliphatic heterocycles. The third kappa shape index (κ3) is 5.37. The Labute approximate surface area is 205 Å². The Balaban J connectivity index is 1.08. The van der Waals surface area contributed by atoms with Gasteiger partial charge in [-0.15, -0.1) is 0 Å².